The number of rotatable bonds is 21. The molecule has 7 aromatic carbocycles. The van der Waals surface area contributed by atoms with Crippen molar-refractivity contribution in [2.45, 2.75) is 166 Å². The number of ether oxygens (including phenoxy) is 1. The summed E-state index contributed by atoms with van der Waals surface area (Å²) in [5.41, 5.74) is 16.2. The number of anilines is 1. The van der Waals surface area contributed by atoms with Gasteiger partial charge in [0, 0.05) is 93.3 Å². The van der Waals surface area contributed by atoms with Crippen molar-refractivity contribution in [1.82, 2.24) is 45.5 Å². The molecular formula is C86H94N10O10S3. The Hall–Kier alpha value is -10.0. The topological polar surface area (TPSA) is 247 Å². The molecule has 8 atom stereocenters. The first kappa shape index (κ1) is 77.1. The van der Waals surface area contributed by atoms with Crippen molar-refractivity contribution in [2.75, 3.05) is 24.5 Å². The Bertz CT molecular complexity index is 4720. The Balaban J connectivity index is 0.000000144. The number of β-amino-alcohol motifs (C(OH)–C–C–N with tert-alkyl or cyclic N) is 2. The van der Waals surface area contributed by atoms with E-state index in [1.165, 1.54) is 29.7 Å². The smallest absolute Gasteiger partial charge is 0.255 e. The molecule has 7 amide bonds. The van der Waals surface area contributed by atoms with Crippen LogP contribution in [0.15, 0.2) is 187 Å². The molecule has 4 fully saturated rings. The maximum absolute atomic E-state index is 13.9. The van der Waals surface area contributed by atoms with Crippen LogP contribution in [0.5, 0.6) is 11.5 Å². The second kappa shape index (κ2) is 34.7. The number of carbonyl (C=O) groups excluding carboxylic acids is 7. The lowest BCUT2D eigenvalue weighted by Crippen LogP contribution is -2.55. The summed E-state index contributed by atoms with van der Waals surface area (Å²) in [7, 11) is 0. The van der Waals surface area contributed by atoms with E-state index in [0.717, 1.165) is 71.5 Å². The summed E-state index contributed by atoms with van der Waals surface area (Å²) in [5, 5.41) is 29.7. The van der Waals surface area contributed by atoms with Crippen molar-refractivity contribution in [3.8, 4) is 32.4 Å². The van der Waals surface area contributed by atoms with Gasteiger partial charge < -0.3 is 55.4 Å². The molecule has 0 bridgehead atoms. The van der Waals surface area contributed by atoms with Gasteiger partial charge in [-0.05, 0) is 132 Å². The van der Waals surface area contributed by atoms with Gasteiger partial charge in [-0.2, -0.15) is 12.6 Å². The highest BCUT2D eigenvalue weighted by molar-refractivity contribution is 7.81. The zero-order valence-electron chi connectivity index (χ0n) is 62.2. The molecule has 0 unspecified atom stereocenters. The summed E-state index contributed by atoms with van der Waals surface area (Å²) >= 11 is 7.85. The summed E-state index contributed by atoms with van der Waals surface area (Å²) in [6.45, 7) is 14.5. The van der Waals surface area contributed by atoms with E-state index >= 15 is 0 Å². The second-order valence-electron chi connectivity index (χ2n) is 29.8. The van der Waals surface area contributed by atoms with Crippen molar-refractivity contribution in [3.63, 3.8) is 0 Å². The van der Waals surface area contributed by atoms with Gasteiger partial charge in [0.05, 0.1) is 44.4 Å². The number of hydrogen-bond acceptors (Lipinski definition) is 16. The average Bonchev–Trinajstić information content (AvgIpc) is 1.64. The Morgan fingerprint density at radius 3 is 1.43 bits per heavy atom. The summed E-state index contributed by atoms with van der Waals surface area (Å²) in [4.78, 5) is 113. The first-order valence-corrected chi connectivity index (χ1v) is 39.8. The van der Waals surface area contributed by atoms with Gasteiger partial charge in [-0.1, -0.05) is 168 Å². The van der Waals surface area contributed by atoms with Gasteiger partial charge in [-0.25, -0.2) is 9.97 Å². The lowest BCUT2D eigenvalue weighted by molar-refractivity contribution is -0.143. The second-order valence-corrected chi connectivity index (χ2v) is 32.2. The predicted molar refractivity (Wildman–Crippen MR) is 427 cm³/mol. The molecule has 2 aromatic heterocycles. The quantitative estimate of drug-likeness (QED) is 0.0367. The molecule has 9 aromatic rings. The third-order valence-corrected chi connectivity index (χ3v) is 23.8. The van der Waals surface area contributed by atoms with E-state index in [1.807, 2.05) is 197 Å². The van der Waals surface area contributed by atoms with Crippen LogP contribution in [0.25, 0.3) is 20.9 Å². The fourth-order valence-electron chi connectivity index (χ4n) is 15.5. The highest BCUT2D eigenvalue weighted by Crippen LogP contribution is 2.38. The lowest BCUT2D eigenvalue weighted by atomic mass is 9.80. The summed E-state index contributed by atoms with van der Waals surface area (Å²) < 4.78 is 5.96. The van der Waals surface area contributed by atoms with E-state index in [4.69, 9.17) is 4.74 Å². The summed E-state index contributed by atoms with van der Waals surface area (Å²) in [6, 6.07) is 53.5. The minimum absolute atomic E-state index is 0.0885. The summed E-state index contributed by atoms with van der Waals surface area (Å²) in [5.74, 6) is 0.497. The van der Waals surface area contributed by atoms with Gasteiger partial charge in [0.2, 0.25) is 29.5 Å². The third kappa shape index (κ3) is 17.8. The first-order valence-electron chi connectivity index (χ1n) is 37.6. The molecule has 5 aliphatic heterocycles. The molecule has 109 heavy (non-hydrogen) atoms. The van der Waals surface area contributed by atoms with Crippen molar-refractivity contribution in [2.24, 2.45) is 11.8 Å². The molecule has 20 nitrogen and oxygen atoms in total. The number of thiol groups is 1. The molecule has 1 saturated carbocycles. The van der Waals surface area contributed by atoms with Crippen LogP contribution >= 0.6 is 35.3 Å². The van der Waals surface area contributed by atoms with Gasteiger partial charge in [-0.15, -0.1) is 22.7 Å². The standard InChI is InChI=1S/C29H32N4O3S2.C29H35N3O4.C28H27N3O3S/c1-17(2)25(33-14-21-6-4-5-7-23(21)28(33)35)29(36)32-15-22(37)12-24(32)27(34)30-13-19-8-10-20(11-9-19)26-18(3)31-16-38-26;1-18(2)26(32-16-22-6-3-4-9-24(22)28(32)35)29(36)31-17-23(33)14-25(31)27(34)30-15-19-10-12-21(13-11-19)20-7-5-8-20;1-19-27(35-18-30-19)21-12-10-20(11-13-21)16-29-28(33)26-15-23(32)17-31(26)22-6-5-9-25(14-22)34-24-7-3-2-4-8-24/h4-11,16-17,22,24-25,37H,12-15H2,1-3H3,(H,30,34);3-4,6,9-13,18,20,23,25-26,33H,5,7-8,14-17H2,1-2H3,(H,30,34);2-14,18,23,26,32H,15-17H2,1H3,(H,29,33)/t22-,24+,25+;23-,25+,26+;23-,26+/m111/s1. The van der Waals surface area contributed by atoms with Crippen LogP contribution in [-0.2, 0) is 56.7 Å². The Morgan fingerprint density at radius 1 is 0.523 bits per heavy atom. The SMILES string of the molecule is CC(C)[C@@H](C(=O)N1C[C@H](O)C[C@H]1C(=O)NCc1ccc(C2CCC2)cc1)N1Cc2ccccc2C1=O.Cc1ncsc1-c1ccc(CNC(=O)[C@@H]2C[C@@H](O)CN2c2cccc(Oc3ccccc3)c2)cc1.Cc1ncsc1-c1ccc(CNC(=O)[C@@H]2C[C@@H](S)CN2C(=O)[C@H](C(C)C)N2Cc3ccccc3C2=O)cc1. The van der Waals surface area contributed by atoms with Crippen molar-refractivity contribution >= 4 is 82.3 Å². The minimum Gasteiger partial charge on any atom is -0.457 e. The Labute approximate surface area is 650 Å². The molecular weight excluding hydrogens is 1430 g/mol. The van der Waals surface area contributed by atoms with Gasteiger partial charge in [0.1, 0.15) is 41.7 Å². The number of aryl methyl sites for hydroxylation is 2. The van der Waals surface area contributed by atoms with E-state index < -0.39 is 42.4 Å². The molecule has 1 aliphatic carbocycles. The molecule has 566 valence electrons. The van der Waals surface area contributed by atoms with E-state index in [0.29, 0.717) is 81.4 Å². The number of benzene rings is 7. The van der Waals surface area contributed by atoms with Crippen molar-refractivity contribution in [3.05, 3.63) is 243 Å². The Morgan fingerprint density at radius 2 is 0.963 bits per heavy atom. The number of likely N-dealkylation sites (tertiary alicyclic amines) is 2. The van der Waals surface area contributed by atoms with Gasteiger partial charge in [-0.3, -0.25) is 33.6 Å². The lowest BCUT2D eigenvalue weighted by Gasteiger charge is -2.35. The number of para-hydroxylation sites is 1. The van der Waals surface area contributed by atoms with Crippen molar-refractivity contribution < 1.29 is 48.5 Å². The minimum atomic E-state index is -0.772. The van der Waals surface area contributed by atoms with E-state index in [1.54, 1.807) is 49.5 Å². The maximum Gasteiger partial charge on any atom is 0.255 e. The highest BCUT2D eigenvalue weighted by Gasteiger charge is 2.48. The zero-order chi connectivity index (χ0) is 76.6. The molecule has 23 heteroatoms. The average molecular weight is 1520 g/mol. The number of amides is 7. The molecule has 3 saturated heterocycles. The molecule has 0 radical (unpaired) electrons. The van der Waals surface area contributed by atoms with Crippen LogP contribution in [-0.4, -0.2) is 148 Å². The predicted octanol–water partition coefficient (Wildman–Crippen LogP) is 12.7. The van der Waals surface area contributed by atoms with Crippen LogP contribution in [0, 0.1) is 25.7 Å². The molecule has 6 aliphatic rings. The number of fused-ring (bicyclic) bond motifs is 2. The van der Waals surface area contributed by atoms with E-state index in [9.17, 15) is 43.8 Å². The number of hydrogen-bond donors (Lipinski definition) is 6. The molecule has 5 N–H and O–H groups in total. The fraction of sp³-hybridized carbons (Fsp3) is 0.360. The number of thiazole rings is 2. The monoisotopic (exact) mass is 1520 g/mol. The van der Waals surface area contributed by atoms with E-state index in [-0.39, 0.29) is 71.4 Å². The van der Waals surface area contributed by atoms with Crippen molar-refractivity contribution in [1.29, 1.82) is 0 Å². The summed E-state index contributed by atoms with van der Waals surface area (Å²) in [6.07, 6.45) is 3.51. The Kier molecular flexibility index (Phi) is 24.5. The number of aliphatic hydroxyl groups excluding tert-OH is 2. The number of aliphatic hydroxyl groups is 2. The van der Waals surface area contributed by atoms with Gasteiger partial charge in [0.15, 0.2) is 0 Å². The van der Waals surface area contributed by atoms with Crippen LogP contribution in [0.1, 0.15) is 138 Å². The molecule has 7 heterocycles. The number of carbonyl (C=O) groups is 7. The van der Waals surface area contributed by atoms with Gasteiger partial charge in [0.25, 0.3) is 11.8 Å². The van der Waals surface area contributed by atoms with E-state index in [2.05, 4.69) is 62.8 Å². The van der Waals surface area contributed by atoms with Crippen LogP contribution < -0.4 is 25.6 Å². The number of nitrogens with one attached hydrogen (secondary N) is 3. The number of aromatic nitrogens is 2. The largest absolute Gasteiger partial charge is 0.457 e. The third-order valence-electron chi connectivity index (χ3n) is 21.5. The fourth-order valence-corrected chi connectivity index (χ4v) is 17.5. The van der Waals surface area contributed by atoms with Gasteiger partial charge >= 0.3 is 0 Å². The number of nitrogens with zero attached hydrogens (tertiary/aromatic N) is 7. The van der Waals surface area contributed by atoms with Crippen LogP contribution in [0.4, 0.5) is 5.69 Å². The highest BCUT2D eigenvalue weighted by atomic mass is 32.1. The maximum atomic E-state index is 13.9. The zero-order valence-corrected chi connectivity index (χ0v) is 64.7. The molecule has 0 spiro atoms. The molecule has 15 rings (SSSR count). The van der Waals surface area contributed by atoms with Crippen LogP contribution in [0.3, 0.4) is 0 Å². The first-order chi connectivity index (χ1) is 52.6. The van der Waals surface area contributed by atoms with Crippen LogP contribution in [0.2, 0.25) is 0 Å². The normalized spacial score (nSPS) is 19.9.